The van der Waals surface area contributed by atoms with Gasteiger partial charge in [-0.25, -0.2) is 8.78 Å². The number of nitrogens with zero attached hydrogens (tertiary/aromatic N) is 2. The zero-order chi connectivity index (χ0) is 13.9. The molecule has 1 heterocycles. The number of nitrogens with one attached hydrogen (secondary N) is 1. The van der Waals surface area contributed by atoms with Crippen LogP contribution in [-0.4, -0.2) is 28.8 Å². The second-order valence-electron chi connectivity index (χ2n) is 5.65. The molecule has 108 valence electrons. The molecule has 1 aromatic rings. The Bertz CT molecular complexity index is 393. The molecule has 3 nitrogen and oxygen atoms in total. The highest BCUT2D eigenvalue weighted by Crippen LogP contribution is 2.38. The summed E-state index contributed by atoms with van der Waals surface area (Å²) in [5.74, 6) is -2.06. The zero-order valence-electron chi connectivity index (χ0n) is 11.7. The smallest absolute Gasteiger partial charge is 0.248 e. The van der Waals surface area contributed by atoms with Gasteiger partial charge in [-0.05, 0) is 44.2 Å². The Morgan fingerprint density at radius 3 is 2.68 bits per heavy atom. The summed E-state index contributed by atoms with van der Waals surface area (Å²) < 4.78 is 28.1. The van der Waals surface area contributed by atoms with Gasteiger partial charge < -0.3 is 5.32 Å². The molecule has 1 saturated carbocycles. The molecule has 1 fully saturated rings. The normalized spacial score (nSPS) is 21.5. The Morgan fingerprint density at radius 1 is 1.47 bits per heavy atom. The van der Waals surface area contributed by atoms with Crippen molar-refractivity contribution >= 4 is 0 Å². The van der Waals surface area contributed by atoms with Crippen LogP contribution in [0.1, 0.15) is 37.7 Å². The highest BCUT2D eigenvalue weighted by Gasteiger charge is 2.37. The van der Waals surface area contributed by atoms with Gasteiger partial charge in [0.1, 0.15) is 0 Å². The van der Waals surface area contributed by atoms with E-state index in [0.29, 0.717) is 24.8 Å². The molecule has 0 bridgehead atoms. The van der Waals surface area contributed by atoms with Crippen LogP contribution in [0.15, 0.2) is 12.4 Å². The monoisotopic (exact) mass is 271 g/mol. The summed E-state index contributed by atoms with van der Waals surface area (Å²) in [6.07, 6.45) is 7.18. The van der Waals surface area contributed by atoms with E-state index in [0.717, 1.165) is 12.8 Å². The lowest BCUT2D eigenvalue weighted by Gasteiger charge is -2.33. The predicted octanol–water partition coefficient (Wildman–Crippen LogP) is 2.77. The molecular formula is C14H23F2N3. The second-order valence-corrected chi connectivity index (χ2v) is 5.65. The van der Waals surface area contributed by atoms with E-state index in [4.69, 9.17) is 0 Å². The highest BCUT2D eigenvalue weighted by atomic mass is 19.3. The third-order valence-corrected chi connectivity index (χ3v) is 4.20. The van der Waals surface area contributed by atoms with Crippen molar-refractivity contribution in [2.75, 3.05) is 7.05 Å². The summed E-state index contributed by atoms with van der Waals surface area (Å²) >= 11 is 0. The standard InChI is InChI=1S/C14H23F2N3/c1-17-13(4-3-11-9-18-19(2)10-11)12-5-7-14(15,16)8-6-12/h9-10,12-13,17H,3-8H2,1-2H3. The third kappa shape index (κ3) is 4.00. The van der Waals surface area contributed by atoms with Gasteiger partial charge in [0.05, 0.1) is 6.20 Å². The van der Waals surface area contributed by atoms with Crippen LogP contribution < -0.4 is 5.32 Å². The molecule has 1 aliphatic carbocycles. The number of alkyl halides is 2. The molecule has 0 amide bonds. The van der Waals surface area contributed by atoms with Crippen LogP contribution in [0.2, 0.25) is 0 Å². The lowest BCUT2D eigenvalue weighted by atomic mass is 9.80. The van der Waals surface area contributed by atoms with Gasteiger partial charge in [-0.2, -0.15) is 5.10 Å². The quantitative estimate of drug-likeness (QED) is 0.892. The summed E-state index contributed by atoms with van der Waals surface area (Å²) in [4.78, 5) is 0. The molecule has 0 spiro atoms. The summed E-state index contributed by atoms with van der Waals surface area (Å²) in [6, 6.07) is 0.330. The molecule has 0 saturated heterocycles. The van der Waals surface area contributed by atoms with Gasteiger partial charge >= 0.3 is 0 Å². The predicted molar refractivity (Wildman–Crippen MR) is 71.3 cm³/mol. The molecule has 0 aromatic carbocycles. The second kappa shape index (κ2) is 5.99. The van der Waals surface area contributed by atoms with Crippen molar-refractivity contribution < 1.29 is 8.78 Å². The maximum atomic E-state index is 13.2. The third-order valence-electron chi connectivity index (χ3n) is 4.20. The summed E-state index contributed by atoms with van der Waals surface area (Å²) in [7, 11) is 3.84. The minimum Gasteiger partial charge on any atom is -0.317 e. The zero-order valence-corrected chi connectivity index (χ0v) is 11.7. The minimum absolute atomic E-state index is 0.0444. The number of hydrogen-bond acceptors (Lipinski definition) is 2. The van der Waals surface area contributed by atoms with Gasteiger partial charge in [-0.1, -0.05) is 0 Å². The Kier molecular flexibility index (Phi) is 4.55. The number of aryl methyl sites for hydroxylation is 2. The first-order valence-corrected chi connectivity index (χ1v) is 7.03. The lowest BCUT2D eigenvalue weighted by molar-refractivity contribution is -0.0495. The van der Waals surface area contributed by atoms with Crippen LogP contribution in [-0.2, 0) is 13.5 Å². The Morgan fingerprint density at radius 2 is 2.16 bits per heavy atom. The molecule has 0 radical (unpaired) electrons. The van der Waals surface area contributed by atoms with Crippen LogP contribution in [0.25, 0.3) is 0 Å². The van der Waals surface area contributed by atoms with Crippen molar-refractivity contribution in [1.82, 2.24) is 15.1 Å². The first-order valence-electron chi connectivity index (χ1n) is 7.03. The molecular weight excluding hydrogens is 248 g/mol. The van der Waals surface area contributed by atoms with Crippen LogP contribution in [0.5, 0.6) is 0 Å². The van der Waals surface area contributed by atoms with E-state index in [1.807, 2.05) is 26.5 Å². The number of aromatic nitrogens is 2. The molecule has 19 heavy (non-hydrogen) atoms. The van der Waals surface area contributed by atoms with Crippen molar-refractivity contribution in [3.05, 3.63) is 18.0 Å². The lowest BCUT2D eigenvalue weighted by Crippen LogP contribution is -2.38. The molecule has 1 unspecified atom stereocenters. The van der Waals surface area contributed by atoms with Gasteiger partial charge in [0.25, 0.3) is 0 Å². The first-order chi connectivity index (χ1) is 9.00. The summed E-state index contributed by atoms with van der Waals surface area (Å²) in [6.45, 7) is 0. The van der Waals surface area contributed by atoms with Crippen molar-refractivity contribution in [3.63, 3.8) is 0 Å². The van der Waals surface area contributed by atoms with Crippen LogP contribution in [0.3, 0.4) is 0 Å². The van der Waals surface area contributed by atoms with Gasteiger partial charge in [0.15, 0.2) is 0 Å². The Balaban J connectivity index is 1.83. The topological polar surface area (TPSA) is 29.9 Å². The van der Waals surface area contributed by atoms with Gasteiger partial charge in [0.2, 0.25) is 5.92 Å². The van der Waals surface area contributed by atoms with Gasteiger partial charge in [0, 0.05) is 32.1 Å². The average Bonchev–Trinajstić information content (AvgIpc) is 2.77. The van der Waals surface area contributed by atoms with Crippen LogP contribution in [0, 0.1) is 5.92 Å². The van der Waals surface area contributed by atoms with Crippen molar-refractivity contribution in [3.8, 4) is 0 Å². The first kappa shape index (κ1) is 14.4. The van der Waals surface area contributed by atoms with E-state index >= 15 is 0 Å². The summed E-state index contributed by atoms with van der Waals surface area (Å²) in [5.41, 5.74) is 1.21. The molecule has 1 aromatic heterocycles. The number of hydrogen-bond donors (Lipinski definition) is 1. The van der Waals surface area contributed by atoms with E-state index in [-0.39, 0.29) is 12.8 Å². The Labute approximate surface area is 113 Å². The largest absolute Gasteiger partial charge is 0.317 e. The molecule has 1 N–H and O–H groups in total. The fourth-order valence-electron chi connectivity index (χ4n) is 3.00. The van der Waals surface area contributed by atoms with E-state index in [1.54, 1.807) is 4.68 Å². The van der Waals surface area contributed by atoms with E-state index in [9.17, 15) is 8.78 Å². The number of halogens is 2. The van der Waals surface area contributed by atoms with Crippen molar-refractivity contribution in [2.45, 2.75) is 50.5 Å². The van der Waals surface area contributed by atoms with Crippen LogP contribution in [0.4, 0.5) is 8.78 Å². The molecule has 0 aliphatic heterocycles. The van der Waals surface area contributed by atoms with E-state index in [1.165, 1.54) is 5.56 Å². The fraction of sp³-hybridized carbons (Fsp3) is 0.786. The van der Waals surface area contributed by atoms with Crippen molar-refractivity contribution in [1.29, 1.82) is 0 Å². The fourth-order valence-corrected chi connectivity index (χ4v) is 3.00. The van der Waals surface area contributed by atoms with E-state index in [2.05, 4.69) is 10.4 Å². The SMILES string of the molecule is CNC(CCc1cnn(C)c1)C1CCC(F)(F)CC1. The van der Waals surface area contributed by atoms with Gasteiger partial charge in [-0.15, -0.1) is 0 Å². The summed E-state index contributed by atoms with van der Waals surface area (Å²) in [5, 5.41) is 7.45. The highest BCUT2D eigenvalue weighted by molar-refractivity contribution is 5.04. The van der Waals surface area contributed by atoms with Crippen molar-refractivity contribution in [2.24, 2.45) is 13.0 Å². The Hall–Kier alpha value is -0.970. The minimum atomic E-state index is -2.43. The molecule has 1 atom stereocenters. The maximum absolute atomic E-state index is 13.2. The van der Waals surface area contributed by atoms with E-state index < -0.39 is 5.92 Å². The average molecular weight is 271 g/mol. The van der Waals surface area contributed by atoms with Gasteiger partial charge in [-0.3, -0.25) is 4.68 Å². The molecule has 2 rings (SSSR count). The maximum Gasteiger partial charge on any atom is 0.248 e. The molecule has 1 aliphatic rings. The number of rotatable bonds is 5. The molecule has 5 heteroatoms. The van der Waals surface area contributed by atoms with Crippen LogP contribution >= 0.6 is 0 Å².